The molecule has 15 heavy (non-hydrogen) atoms. The summed E-state index contributed by atoms with van der Waals surface area (Å²) in [7, 11) is -3.20. The minimum absolute atomic E-state index is 0.199. The lowest BCUT2D eigenvalue weighted by molar-refractivity contribution is 0.471. The molecule has 90 valence electrons. The lowest BCUT2D eigenvalue weighted by Gasteiger charge is -2.18. The van der Waals surface area contributed by atoms with Crippen molar-refractivity contribution in [3.63, 3.8) is 0 Å². The molecule has 1 aliphatic rings. The predicted molar refractivity (Wildman–Crippen MR) is 62.0 cm³/mol. The van der Waals surface area contributed by atoms with Gasteiger partial charge in [0.1, 0.15) is 0 Å². The van der Waals surface area contributed by atoms with E-state index in [0.717, 1.165) is 19.3 Å². The maximum absolute atomic E-state index is 11.8. The van der Waals surface area contributed by atoms with Gasteiger partial charge in [0.2, 0.25) is 10.0 Å². The third kappa shape index (κ3) is 3.16. The number of hydrogen-bond acceptors (Lipinski definition) is 3. The molecule has 0 aromatic carbocycles. The Bertz CT molecular complexity index is 293. The van der Waals surface area contributed by atoms with Crippen LogP contribution in [0.25, 0.3) is 0 Å². The van der Waals surface area contributed by atoms with Crippen LogP contribution in [0.1, 0.15) is 39.5 Å². The first kappa shape index (κ1) is 12.9. The summed E-state index contributed by atoms with van der Waals surface area (Å²) in [5.74, 6) is 0. The van der Waals surface area contributed by atoms with Crippen LogP contribution in [0, 0.1) is 5.41 Å². The second kappa shape index (κ2) is 4.80. The number of hydrogen-bond donors (Lipinski definition) is 2. The van der Waals surface area contributed by atoms with E-state index < -0.39 is 15.3 Å². The van der Waals surface area contributed by atoms with Crippen molar-refractivity contribution in [1.82, 2.24) is 4.72 Å². The van der Waals surface area contributed by atoms with E-state index >= 15 is 0 Å². The van der Waals surface area contributed by atoms with Crippen molar-refractivity contribution in [2.45, 2.75) is 44.8 Å². The van der Waals surface area contributed by atoms with Gasteiger partial charge in [0, 0.05) is 13.1 Å². The lowest BCUT2D eigenvalue weighted by Crippen LogP contribution is -2.40. The van der Waals surface area contributed by atoms with Crippen LogP contribution in [0.15, 0.2) is 0 Å². The number of nitrogens with one attached hydrogen (secondary N) is 1. The average molecular weight is 234 g/mol. The highest BCUT2D eigenvalue weighted by Gasteiger charge is 2.41. The third-order valence-electron chi connectivity index (χ3n) is 3.51. The fourth-order valence-electron chi connectivity index (χ4n) is 1.72. The maximum Gasteiger partial charge on any atom is 0.215 e. The molecule has 0 spiro atoms. The van der Waals surface area contributed by atoms with Crippen molar-refractivity contribution < 1.29 is 8.42 Å². The van der Waals surface area contributed by atoms with Crippen LogP contribution in [-0.4, -0.2) is 26.8 Å². The second-order valence-corrected chi connectivity index (χ2v) is 6.53. The van der Waals surface area contributed by atoms with Crippen molar-refractivity contribution in [1.29, 1.82) is 0 Å². The van der Waals surface area contributed by atoms with Gasteiger partial charge in [-0.25, -0.2) is 13.1 Å². The van der Waals surface area contributed by atoms with E-state index in [-0.39, 0.29) is 12.0 Å². The summed E-state index contributed by atoms with van der Waals surface area (Å²) in [6.45, 7) is 4.75. The molecule has 1 atom stereocenters. The Balaban J connectivity index is 2.49. The zero-order chi connectivity index (χ0) is 11.5. The van der Waals surface area contributed by atoms with Gasteiger partial charge in [-0.1, -0.05) is 13.8 Å². The second-order valence-electron chi connectivity index (χ2n) is 4.49. The van der Waals surface area contributed by atoms with Crippen molar-refractivity contribution in [2.75, 3.05) is 13.1 Å². The van der Waals surface area contributed by atoms with Gasteiger partial charge in [-0.15, -0.1) is 0 Å². The van der Waals surface area contributed by atoms with Crippen LogP contribution in [0.3, 0.4) is 0 Å². The van der Waals surface area contributed by atoms with E-state index in [1.807, 2.05) is 6.92 Å². The summed E-state index contributed by atoms with van der Waals surface area (Å²) in [6, 6.07) is 0. The van der Waals surface area contributed by atoms with Crippen LogP contribution in [0.4, 0.5) is 0 Å². The molecule has 0 saturated heterocycles. The molecule has 4 nitrogen and oxygen atoms in total. The fraction of sp³-hybridized carbons (Fsp3) is 1.00. The van der Waals surface area contributed by atoms with Crippen molar-refractivity contribution >= 4 is 10.0 Å². The van der Waals surface area contributed by atoms with Crippen LogP contribution in [-0.2, 0) is 10.0 Å². The molecule has 0 bridgehead atoms. The molecule has 1 unspecified atom stereocenters. The summed E-state index contributed by atoms with van der Waals surface area (Å²) in [6.07, 6.45) is 3.91. The SMILES string of the molecule is CCC(CN)S(=O)(=O)NCC1(CC)CC1. The summed E-state index contributed by atoms with van der Waals surface area (Å²) in [5, 5.41) is -0.440. The van der Waals surface area contributed by atoms with Crippen molar-refractivity contribution in [3.05, 3.63) is 0 Å². The molecule has 0 aromatic heterocycles. The Morgan fingerprint density at radius 3 is 2.33 bits per heavy atom. The van der Waals surface area contributed by atoms with Gasteiger partial charge in [0.25, 0.3) is 0 Å². The molecule has 0 aromatic rings. The Morgan fingerprint density at radius 1 is 1.40 bits per heavy atom. The van der Waals surface area contributed by atoms with Gasteiger partial charge >= 0.3 is 0 Å². The number of nitrogens with two attached hydrogens (primary N) is 1. The summed E-state index contributed by atoms with van der Waals surface area (Å²) in [5.41, 5.74) is 5.69. The highest BCUT2D eigenvalue weighted by atomic mass is 32.2. The molecule has 3 N–H and O–H groups in total. The first-order chi connectivity index (χ1) is 6.99. The van der Waals surface area contributed by atoms with Gasteiger partial charge < -0.3 is 5.73 Å². The Hall–Kier alpha value is -0.130. The minimum Gasteiger partial charge on any atom is -0.329 e. The molecule has 0 heterocycles. The van der Waals surface area contributed by atoms with Crippen LogP contribution in [0.2, 0.25) is 0 Å². The fourth-order valence-corrected chi connectivity index (χ4v) is 3.15. The van der Waals surface area contributed by atoms with E-state index in [4.69, 9.17) is 5.73 Å². The predicted octanol–water partition coefficient (Wildman–Crippen LogP) is 0.833. The Morgan fingerprint density at radius 2 is 2.00 bits per heavy atom. The van der Waals surface area contributed by atoms with E-state index in [2.05, 4.69) is 11.6 Å². The molecule has 5 heteroatoms. The summed E-state index contributed by atoms with van der Waals surface area (Å²) >= 11 is 0. The van der Waals surface area contributed by atoms with Gasteiger partial charge in [0.15, 0.2) is 0 Å². The lowest BCUT2D eigenvalue weighted by atomic mass is 10.1. The van der Waals surface area contributed by atoms with E-state index in [0.29, 0.717) is 13.0 Å². The van der Waals surface area contributed by atoms with Gasteiger partial charge in [0.05, 0.1) is 5.25 Å². The molecule has 0 radical (unpaired) electrons. The summed E-state index contributed by atoms with van der Waals surface area (Å²) < 4.78 is 26.3. The van der Waals surface area contributed by atoms with E-state index in [9.17, 15) is 8.42 Å². The molecule has 1 aliphatic carbocycles. The zero-order valence-corrected chi connectivity index (χ0v) is 10.4. The minimum atomic E-state index is -3.20. The smallest absolute Gasteiger partial charge is 0.215 e. The molecular formula is C10H22N2O2S. The van der Waals surface area contributed by atoms with E-state index in [1.165, 1.54) is 0 Å². The molecule has 1 saturated carbocycles. The zero-order valence-electron chi connectivity index (χ0n) is 9.62. The number of rotatable bonds is 7. The first-order valence-corrected chi connectivity index (χ1v) is 7.23. The van der Waals surface area contributed by atoms with Gasteiger partial charge in [-0.05, 0) is 31.1 Å². The van der Waals surface area contributed by atoms with Crippen molar-refractivity contribution in [3.8, 4) is 0 Å². The largest absolute Gasteiger partial charge is 0.329 e. The van der Waals surface area contributed by atoms with Crippen LogP contribution in [0.5, 0.6) is 0 Å². The molecule has 1 fully saturated rings. The molecule has 1 rings (SSSR count). The third-order valence-corrected chi connectivity index (χ3v) is 5.46. The standard InChI is InChI=1S/C10H22N2O2S/c1-3-9(7-11)15(13,14)12-8-10(4-2)5-6-10/h9,12H,3-8,11H2,1-2H3. The Labute approximate surface area is 92.7 Å². The highest BCUT2D eigenvalue weighted by molar-refractivity contribution is 7.90. The van der Waals surface area contributed by atoms with Gasteiger partial charge in [-0.3, -0.25) is 0 Å². The normalized spacial score (nSPS) is 21.3. The maximum atomic E-state index is 11.8. The van der Waals surface area contributed by atoms with E-state index in [1.54, 1.807) is 0 Å². The number of sulfonamides is 1. The molecule has 0 aliphatic heterocycles. The summed E-state index contributed by atoms with van der Waals surface area (Å²) in [4.78, 5) is 0. The molecular weight excluding hydrogens is 212 g/mol. The first-order valence-electron chi connectivity index (χ1n) is 5.68. The molecule has 0 amide bonds. The Kier molecular flexibility index (Phi) is 4.14. The van der Waals surface area contributed by atoms with Crippen molar-refractivity contribution in [2.24, 2.45) is 11.1 Å². The quantitative estimate of drug-likeness (QED) is 0.685. The van der Waals surface area contributed by atoms with Crippen LogP contribution >= 0.6 is 0 Å². The van der Waals surface area contributed by atoms with Gasteiger partial charge in [-0.2, -0.15) is 0 Å². The topological polar surface area (TPSA) is 72.2 Å². The highest BCUT2D eigenvalue weighted by Crippen LogP contribution is 2.47. The average Bonchev–Trinajstić information content (AvgIpc) is 2.97. The van der Waals surface area contributed by atoms with Crippen LogP contribution < -0.4 is 10.5 Å². The monoisotopic (exact) mass is 234 g/mol.